The van der Waals surface area contributed by atoms with Gasteiger partial charge in [0.1, 0.15) is 0 Å². The van der Waals surface area contributed by atoms with Crippen LogP contribution in [0.15, 0.2) is 24.3 Å². The summed E-state index contributed by atoms with van der Waals surface area (Å²) < 4.78 is 1.19. The minimum atomic E-state index is 0.325. The number of carbonyl (C=O) groups is 1. The molecule has 82 valence electrons. The number of aromatic nitrogens is 1. The molecule has 0 spiro atoms. The quantitative estimate of drug-likeness (QED) is 0.757. The van der Waals surface area contributed by atoms with Gasteiger partial charge >= 0.3 is 0 Å². The standard InChI is InChI=1S/C12H12N2OS/c15-9-4-3-7-14(8-9)12-13-10-5-1-2-6-11(10)16-12/h1-2,5-6H,3-4,7-8H2. The lowest BCUT2D eigenvalue weighted by molar-refractivity contribution is -0.118. The summed E-state index contributed by atoms with van der Waals surface area (Å²) in [5.41, 5.74) is 1.03. The van der Waals surface area contributed by atoms with Gasteiger partial charge in [-0.15, -0.1) is 0 Å². The van der Waals surface area contributed by atoms with Crippen molar-refractivity contribution in [1.29, 1.82) is 0 Å². The first kappa shape index (κ1) is 9.78. The molecular formula is C12H12N2OS. The molecule has 2 aromatic rings. The molecule has 1 fully saturated rings. The molecule has 0 aliphatic carbocycles. The molecular weight excluding hydrogens is 220 g/mol. The van der Waals surface area contributed by atoms with Gasteiger partial charge in [0, 0.05) is 13.0 Å². The number of ketones is 1. The van der Waals surface area contributed by atoms with Crippen molar-refractivity contribution < 1.29 is 4.79 Å². The second-order valence-corrected chi connectivity index (χ2v) is 5.04. The van der Waals surface area contributed by atoms with Crippen molar-refractivity contribution in [3.05, 3.63) is 24.3 Å². The maximum atomic E-state index is 11.4. The molecule has 16 heavy (non-hydrogen) atoms. The van der Waals surface area contributed by atoms with Gasteiger partial charge in [-0.1, -0.05) is 23.5 Å². The van der Waals surface area contributed by atoms with E-state index in [0.29, 0.717) is 12.3 Å². The number of carbonyl (C=O) groups excluding carboxylic acids is 1. The molecule has 4 heteroatoms. The Hall–Kier alpha value is -1.42. The SMILES string of the molecule is O=C1CCCN(c2nc3ccccc3s2)C1. The maximum absolute atomic E-state index is 11.4. The summed E-state index contributed by atoms with van der Waals surface area (Å²) in [6.07, 6.45) is 1.68. The molecule has 0 saturated carbocycles. The number of benzene rings is 1. The van der Waals surface area contributed by atoms with Gasteiger partial charge in [-0.25, -0.2) is 4.98 Å². The van der Waals surface area contributed by atoms with Crippen LogP contribution in [0.5, 0.6) is 0 Å². The Kier molecular flexibility index (Phi) is 2.36. The average molecular weight is 232 g/mol. The number of hydrogen-bond donors (Lipinski definition) is 0. The Bertz CT molecular complexity index is 502. The van der Waals surface area contributed by atoms with Crippen molar-refractivity contribution in [2.45, 2.75) is 12.8 Å². The molecule has 0 radical (unpaired) electrons. The summed E-state index contributed by atoms with van der Waals surface area (Å²) in [7, 11) is 0. The van der Waals surface area contributed by atoms with E-state index in [4.69, 9.17) is 0 Å². The molecule has 3 rings (SSSR count). The zero-order valence-electron chi connectivity index (χ0n) is 8.85. The van der Waals surface area contributed by atoms with Crippen LogP contribution in [0.1, 0.15) is 12.8 Å². The van der Waals surface area contributed by atoms with Gasteiger partial charge in [0.25, 0.3) is 0 Å². The van der Waals surface area contributed by atoms with Gasteiger partial charge in [-0.05, 0) is 18.6 Å². The molecule has 0 bridgehead atoms. The van der Waals surface area contributed by atoms with E-state index in [0.717, 1.165) is 30.0 Å². The Morgan fingerprint density at radius 1 is 1.31 bits per heavy atom. The first-order valence-electron chi connectivity index (χ1n) is 5.45. The number of Topliss-reactive ketones (excluding diaryl/α,β-unsaturated/α-hetero) is 1. The van der Waals surface area contributed by atoms with Gasteiger partial charge in [0.15, 0.2) is 10.9 Å². The number of para-hydroxylation sites is 1. The number of piperidine rings is 1. The van der Waals surface area contributed by atoms with Crippen LogP contribution in [0, 0.1) is 0 Å². The van der Waals surface area contributed by atoms with Crippen molar-refractivity contribution in [2.75, 3.05) is 18.0 Å². The molecule has 2 heterocycles. The number of fused-ring (bicyclic) bond motifs is 1. The third-order valence-electron chi connectivity index (χ3n) is 2.80. The topological polar surface area (TPSA) is 33.2 Å². The molecule has 0 amide bonds. The van der Waals surface area contributed by atoms with E-state index < -0.39 is 0 Å². The zero-order chi connectivity index (χ0) is 11.0. The van der Waals surface area contributed by atoms with E-state index >= 15 is 0 Å². The monoisotopic (exact) mass is 232 g/mol. The first-order valence-corrected chi connectivity index (χ1v) is 6.27. The van der Waals surface area contributed by atoms with Crippen molar-refractivity contribution in [2.24, 2.45) is 0 Å². The Labute approximate surface area is 97.7 Å². The minimum Gasteiger partial charge on any atom is -0.341 e. The number of nitrogens with zero attached hydrogens (tertiary/aromatic N) is 2. The lowest BCUT2D eigenvalue weighted by Gasteiger charge is -2.24. The number of thiazole rings is 1. The van der Waals surface area contributed by atoms with E-state index in [1.54, 1.807) is 11.3 Å². The third-order valence-corrected chi connectivity index (χ3v) is 3.90. The highest BCUT2D eigenvalue weighted by molar-refractivity contribution is 7.22. The fourth-order valence-electron chi connectivity index (χ4n) is 2.00. The summed E-state index contributed by atoms with van der Waals surface area (Å²) in [4.78, 5) is 18.1. The van der Waals surface area contributed by atoms with E-state index in [-0.39, 0.29) is 0 Å². The summed E-state index contributed by atoms with van der Waals surface area (Å²) in [6.45, 7) is 1.48. The Morgan fingerprint density at radius 3 is 3.00 bits per heavy atom. The second kappa shape index (κ2) is 3.87. The Balaban J connectivity index is 1.96. The normalized spacial score (nSPS) is 17.0. The summed E-state index contributed by atoms with van der Waals surface area (Å²) in [5, 5.41) is 0.981. The van der Waals surface area contributed by atoms with Crippen LogP contribution in [0.25, 0.3) is 10.2 Å². The molecule has 1 aromatic heterocycles. The minimum absolute atomic E-state index is 0.325. The van der Waals surface area contributed by atoms with Gasteiger partial charge < -0.3 is 4.90 Å². The third kappa shape index (κ3) is 1.69. The molecule has 1 saturated heterocycles. The van der Waals surface area contributed by atoms with E-state index in [1.807, 2.05) is 18.2 Å². The average Bonchev–Trinajstić information content (AvgIpc) is 2.72. The largest absolute Gasteiger partial charge is 0.341 e. The van der Waals surface area contributed by atoms with Crippen LogP contribution in [0.2, 0.25) is 0 Å². The fourth-order valence-corrected chi connectivity index (χ4v) is 2.99. The molecule has 3 nitrogen and oxygen atoms in total. The second-order valence-electron chi connectivity index (χ2n) is 4.03. The smallest absolute Gasteiger partial charge is 0.186 e. The predicted molar refractivity (Wildman–Crippen MR) is 66.1 cm³/mol. The highest BCUT2D eigenvalue weighted by Crippen LogP contribution is 2.29. The lowest BCUT2D eigenvalue weighted by atomic mass is 10.1. The van der Waals surface area contributed by atoms with Crippen LogP contribution < -0.4 is 4.90 Å². The summed E-state index contributed by atoms with van der Waals surface area (Å²) in [6, 6.07) is 8.10. The van der Waals surface area contributed by atoms with Crippen LogP contribution >= 0.6 is 11.3 Å². The van der Waals surface area contributed by atoms with E-state index in [2.05, 4.69) is 16.0 Å². The molecule has 1 aromatic carbocycles. The van der Waals surface area contributed by atoms with Gasteiger partial charge in [0.05, 0.1) is 16.8 Å². The number of anilines is 1. The number of hydrogen-bond acceptors (Lipinski definition) is 4. The van der Waals surface area contributed by atoms with Crippen LogP contribution in [0.3, 0.4) is 0 Å². The molecule has 0 unspecified atom stereocenters. The maximum Gasteiger partial charge on any atom is 0.186 e. The highest BCUT2D eigenvalue weighted by atomic mass is 32.1. The van der Waals surface area contributed by atoms with Crippen LogP contribution in [0.4, 0.5) is 5.13 Å². The van der Waals surface area contributed by atoms with Crippen LogP contribution in [-0.2, 0) is 4.79 Å². The van der Waals surface area contributed by atoms with Gasteiger partial charge in [-0.2, -0.15) is 0 Å². The van der Waals surface area contributed by atoms with Crippen molar-refractivity contribution in [3.63, 3.8) is 0 Å². The van der Waals surface area contributed by atoms with E-state index in [1.165, 1.54) is 4.70 Å². The molecule has 0 N–H and O–H groups in total. The van der Waals surface area contributed by atoms with Gasteiger partial charge in [0.2, 0.25) is 0 Å². The van der Waals surface area contributed by atoms with Crippen molar-refractivity contribution in [1.82, 2.24) is 4.98 Å². The van der Waals surface area contributed by atoms with Gasteiger partial charge in [-0.3, -0.25) is 4.79 Å². The van der Waals surface area contributed by atoms with E-state index in [9.17, 15) is 4.79 Å². The Morgan fingerprint density at radius 2 is 2.19 bits per heavy atom. The number of rotatable bonds is 1. The molecule has 0 atom stereocenters. The first-order chi connectivity index (χ1) is 7.83. The summed E-state index contributed by atoms with van der Waals surface area (Å²) in [5.74, 6) is 0.325. The summed E-state index contributed by atoms with van der Waals surface area (Å²) >= 11 is 1.67. The zero-order valence-corrected chi connectivity index (χ0v) is 9.67. The lowest BCUT2D eigenvalue weighted by Crippen LogP contribution is -2.35. The molecule has 1 aliphatic rings. The highest BCUT2D eigenvalue weighted by Gasteiger charge is 2.19. The predicted octanol–water partition coefficient (Wildman–Crippen LogP) is 2.47. The van der Waals surface area contributed by atoms with Crippen molar-refractivity contribution in [3.8, 4) is 0 Å². The molecule has 1 aliphatic heterocycles. The fraction of sp³-hybridized carbons (Fsp3) is 0.333. The van der Waals surface area contributed by atoms with Crippen LogP contribution in [-0.4, -0.2) is 23.9 Å². The van der Waals surface area contributed by atoms with Crippen molar-refractivity contribution >= 4 is 32.5 Å².